The Morgan fingerprint density at radius 2 is 1.83 bits per heavy atom. The van der Waals surface area contributed by atoms with Crippen LogP contribution in [0.25, 0.3) is 0 Å². The Labute approximate surface area is 175 Å². The largest absolute Gasteiger partial charge is 0.374 e. The number of rotatable bonds is 7. The van der Waals surface area contributed by atoms with E-state index >= 15 is 0 Å². The minimum Gasteiger partial charge on any atom is -0.374 e. The number of piperidine rings is 1. The summed E-state index contributed by atoms with van der Waals surface area (Å²) < 4.78 is 0. The molecular formula is C20H28ClN5O3. The molecule has 2 aliphatic rings. The first kappa shape index (κ1) is 21.5. The predicted octanol–water partition coefficient (Wildman–Crippen LogP) is 1.52. The summed E-state index contributed by atoms with van der Waals surface area (Å²) in [5, 5.41) is 8.74. The molecule has 2 heterocycles. The average Bonchev–Trinajstić information content (AvgIpc) is 2.65. The standard InChI is InChI=1S/C20H28ClN5O3/c1-2-5-25-6-8-26(9-7-25)13-19(28)23-16-11-14(21)10-15(12-16)22-17-3-4-18(27)24-20(17)29/h10-12,17,22H,2-9,13H2,1H3,(H,23,28)(H,24,27,29). The molecule has 9 heteroatoms. The summed E-state index contributed by atoms with van der Waals surface area (Å²) in [7, 11) is 0. The Morgan fingerprint density at radius 3 is 2.52 bits per heavy atom. The zero-order valence-corrected chi connectivity index (χ0v) is 17.4. The molecular weight excluding hydrogens is 394 g/mol. The van der Waals surface area contributed by atoms with Crippen LogP contribution in [-0.2, 0) is 14.4 Å². The van der Waals surface area contributed by atoms with Gasteiger partial charge in [-0.25, -0.2) is 0 Å². The van der Waals surface area contributed by atoms with Gasteiger partial charge >= 0.3 is 0 Å². The van der Waals surface area contributed by atoms with Crippen LogP contribution in [0.4, 0.5) is 11.4 Å². The van der Waals surface area contributed by atoms with Crippen LogP contribution in [0.1, 0.15) is 26.2 Å². The summed E-state index contributed by atoms with van der Waals surface area (Å²) in [5.41, 5.74) is 1.19. The molecule has 1 unspecified atom stereocenters. The number of amides is 3. The van der Waals surface area contributed by atoms with Gasteiger partial charge in [-0.05, 0) is 37.6 Å². The maximum Gasteiger partial charge on any atom is 0.249 e. The quantitative estimate of drug-likeness (QED) is 0.578. The molecule has 0 bridgehead atoms. The van der Waals surface area contributed by atoms with Crippen LogP contribution in [0.5, 0.6) is 0 Å². The molecule has 0 spiro atoms. The Hall–Kier alpha value is -2.16. The maximum absolute atomic E-state index is 12.5. The zero-order valence-electron chi connectivity index (χ0n) is 16.7. The van der Waals surface area contributed by atoms with E-state index in [1.54, 1.807) is 18.2 Å². The summed E-state index contributed by atoms with van der Waals surface area (Å²) in [5.74, 6) is -0.709. The van der Waals surface area contributed by atoms with Gasteiger partial charge < -0.3 is 15.5 Å². The van der Waals surface area contributed by atoms with Crippen LogP contribution in [-0.4, -0.2) is 72.8 Å². The SMILES string of the molecule is CCCN1CCN(CC(=O)Nc2cc(Cl)cc(NC3CCC(=O)NC3=O)c2)CC1. The second kappa shape index (κ2) is 10.0. The molecule has 2 aliphatic heterocycles. The van der Waals surface area contributed by atoms with Gasteiger partial charge in [0, 0.05) is 49.0 Å². The van der Waals surface area contributed by atoms with Crippen molar-refractivity contribution < 1.29 is 14.4 Å². The van der Waals surface area contributed by atoms with Gasteiger partial charge in [0.05, 0.1) is 6.54 Å². The molecule has 1 aromatic rings. The summed E-state index contributed by atoms with van der Waals surface area (Å²) >= 11 is 6.19. The van der Waals surface area contributed by atoms with Crippen molar-refractivity contribution in [2.75, 3.05) is 49.9 Å². The van der Waals surface area contributed by atoms with Gasteiger partial charge in [-0.15, -0.1) is 0 Å². The van der Waals surface area contributed by atoms with E-state index in [1.807, 2.05) is 0 Å². The van der Waals surface area contributed by atoms with E-state index in [2.05, 4.69) is 32.7 Å². The van der Waals surface area contributed by atoms with Crippen LogP contribution in [0.2, 0.25) is 5.02 Å². The highest BCUT2D eigenvalue weighted by Gasteiger charge is 2.26. The van der Waals surface area contributed by atoms with Crippen LogP contribution in [0, 0.1) is 0 Å². The van der Waals surface area contributed by atoms with Gasteiger partial charge in [0.1, 0.15) is 6.04 Å². The molecule has 158 valence electrons. The van der Waals surface area contributed by atoms with Gasteiger partial charge in [-0.2, -0.15) is 0 Å². The zero-order chi connectivity index (χ0) is 20.8. The number of nitrogens with zero attached hydrogens (tertiary/aromatic N) is 2. The minimum atomic E-state index is -0.505. The lowest BCUT2D eigenvalue weighted by Gasteiger charge is -2.34. The van der Waals surface area contributed by atoms with E-state index < -0.39 is 6.04 Å². The van der Waals surface area contributed by atoms with Crippen molar-refractivity contribution in [1.29, 1.82) is 0 Å². The first-order chi connectivity index (χ1) is 13.9. The fourth-order valence-electron chi connectivity index (χ4n) is 3.67. The number of carbonyl (C=O) groups is 3. The van der Waals surface area contributed by atoms with Crippen molar-refractivity contribution in [1.82, 2.24) is 15.1 Å². The molecule has 29 heavy (non-hydrogen) atoms. The smallest absolute Gasteiger partial charge is 0.249 e. The molecule has 3 amide bonds. The van der Waals surface area contributed by atoms with Crippen LogP contribution < -0.4 is 16.0 Å². The molecule has 0 radical (unpaired) electrons. The number of nitrogens with one attached hydrogen (secondary N) is 3. The number of imide groups is 1. The molecule has 2 saturated heterocycles. The van der Waals surface area contributed by atoms with E-state index in [1.165, 1.54) is 0 Å². The third kappa shape index (κ3) is 6.42. The molecule has 0 aromatic heterocycles. The number of benzene rings is 1. The van der Waals surface area contributed by atoms with E-state index in [0.717, 1.165) is 39.1 Å². The second-order valence-corrected chi connectivity index (χ2v) is 7.98. The van der Waals surface area contributed by atoms with E-state index in [0.29, 0.717) is 35.8 Å². The fourth-order valence-corrected chi connectivity index (χ4v) is 3.90. The van der Waals surface area contributed by atoms with Crippen LogP contribution in [0.15, 0.2) is 18.2 Å². The van der Waals surface area contributed by atoms with E-state index in [9.17, 15) is 14.4 Å². The Morgan fingerprint density at radius 1 is 1.14 bits per heavy atom. The van der Waals surface area contributed by atoms with Gasteiger partial charge in [0.2, 0.25) is 17.7 Å². The molecule has 0 aliphatic carbocycles. The summed E-state index contributed by atoms with van der Waals surface area (Å²) in [6, 6.07) is 4.60. The number of hydrogen-bond acceptors (Lipinski definition) is 6. The second-order valence-electron chi connectivity index (χ2n) is 7.54. The van der Waals surface area contributed by atoms with Crippen molar-refractivity contribution in [3.05, 3.63) is 23.2 Å². The Kier molecular flexibility index (Phi) is 7.46. The third-order valence-corrected chi connectivity index (χ3v) is 5.35. The number of hydrogen-bond donors (Lipinski definition) is 3. The highest BCUT2D eigenvalue weighted by atomic mass is 35.5. The van der Waals surface area contributed by atoms with Crippen molar-refractivity contribution in [3.8, 4) is 0 Å². The van der Waals surface area contributed by atoms with Gasteiger partial charge in [-0.1, -0.05) is 18.5 Å². The lowest BCUT2D eigenvalue weighted by Crippen LogP contribution is -2.48. The Bertz CT molecular complexity index is 764. The minimum absolute atomic E-state index is 0.0943. The third-order valence-electron chi connectivity index (χ3n) is 5.13. The first-order valence-electron chi connectivity index (χ1n) is 10.1. The summed E-state index contributed by atoms with van der Waals surface area (Å²) in [4.78, 5) is 40.2. The molecule has 2 fully saturated rings. The topological polar surface area (TPSA) is 93.8 Å². The van der Waals surface area contributed by atoms with Gasteiger partial charge in [0.25, 0.3) is 0 Å². The van der Waals surface area contributed by atoms with E-state index in [-0.39, 0.29) is 17.7 Å². The predicted molar refractivity (Wildman–Crippen MR) is 113 cm³/mol. The van der Waals surface area contributed by atoms with Crippen LogP contribution in [0.3, 0.4) is 0 Å². The molecule has 1 atom stereocenters. The maximum atomic E-state index is 12.5. The van der Waals surface area contributed by atoms with Crippen molar-refractivity contribution in [3.63, 3.8) is 0 Å². The lowest BCUT2D eigenvalue weighted by atomic mass is 10.1. The van der Waals surface area contributed by atoms with E-state index in [4.69, 9.17) is 11.6 Å². The number of carbonyl (C=O) groups excluding carboxylic acids is 3. The fraction of sp³-hybridized carbons (Fsp3) is 0.550. The molecule has 3 N–H and O–H groups in total. The molecule has 0 saturated carbocycles. The molecule has 8 nitrogen and oxygen atoms in total. The van der Waals surface area contributed by atoms with Crippen molar-refractivity contribution >= 4 is 40.7 Å². The normalized spacial score (nSPS) is 21.0. The lowest BCUT2D eigenvalue weighted by molar-refractivity contribution is -0.133. The Balaban J connectivity index is 1.53. The molecule has 3 rings (SSSR count). The summed E-state index contributed by atoms with van der Waals surface area (Å²) in [6.45, 7) is 7.34. The highest BCUT2D eigenvalue weighted by molar-refractivity contribution is 6.31. The van der Waals surface area contributed by atoms with Crippen molar-refractivity contribution in [2.45, 2.75) is 32.2 Å². The number of piperazine rings is 1. The molecule has 1 aromatic carbocycles. The van der Waals surface area contributed by atoms with Crippen molar-refractivity contribution in [2.24, 2.45) is 0 Å². The van der Waals surface area contributed by atoms with Crippen LogP contribution >= 0.6 is 11.6 Å². The number of halogens is 1. The average molecular weight is 422 g/mol. The number of anilines is 2. The summed E-state index contributed by atoms with van der Waals surface area (Å²) in [6.07, 6.45) is 1.85. The first-order valence-corrected chi connectivity index (χ1v) is 10.5. The van der Waals surface area contributed by atoms with Gasteiger partial charge in [0.15, 0.2) is 0 Å². The monoisotopic (exact) mass is 421 g/mol. The van der Waals surface area contributed by atoms with Gasteiger partial charge in [-0.3, -0.25) is 24.6 Å². The highest BCUT2D eigenvalue weighted by Crippen LogP contribution is 2.24.